The van der Waals surface area contributed by atoms with E-state index in [0.29, 0.717) is 17.7 Å². The molecule has 2 N–H and O–H groups in total. The number of likely N-dealkylation sites (tertiary alicyclic amines) is 1. The Morgan fingerprint density at radius 1 is 1.11 bits per heavy atom. The van der Waals surface area contributed by atoms with E-state index >= 15 is 0 Å². The van der Waals surface area contributed by atoms with Crippen molar-refractivity contribution in [1.82, 2.24) is 28.8 Å². The maximum absolute atomic E-state index is 6.83. The van der Waals surface area contributed by atoms with Crippen LogP contribution in [0.5, 0.6) is 0 Å². The molecule has 0 bridgehead atoms. The van der Waals surface area contributed by atoms with Gasteiger partial charge in [0.1, 0.15) is 11.4 Å². The minimum Gasteiger partial charge on any atom is -0.441 e. The van der Waals surface area contributed by atoms with E-state index in [1.54, 1.807) is 0 Å². The zero-order valence-corrected chi connectivity index (χ0v) is 25.8. The Hall–Kier alpha value is -4.11. The summed E-state index contributed by atoms with van der Waals surface area (Å²) in [6.45, 7) is 7.13. The summed E-state index contributed by atoms with van der Waals surface area (Å²) < 4.78 is 10.5. The van der Waals surface area contributed by atoms with Crippen LogP contribution in [0.2, 0.25) is 0 Å². The average molecular weight is 606 g/mol. The van der Waals surface area contributed by atoms with E-state index in [-0.39, 0.29) is 6.04 Å². The number of anilines is 1. The third kappa shape index (κ3) is 4.87. The molecule has 44 heavy (non-hydrogen) atoms. The summed E-state index contributed by atoms with van der Waals surface area (Å²) in [5, 5.41) is 0. The number of nitrogens with zero attached hydrogens (tertiary/aromatic N) is 5. The molecule has 9 heteroatoms. The molecule has 1 aromatic carbocycles. The van der Waals surface area contributed by atoms with Crippen LogP contribution in [0.4, 0.5) is 5.69 Å². The minimum atomic E-state index is 0.00837. The Labute approximate surface area is 262 Å². The first-order valence-electron chi connectivity index (χ1n) is 15.6. The second-order valence-corrected chi connectivity index (χ2v) is 12.6. The molecule has 0 spiro atoms. The molecule has 8 rings (SSSR count). The van der Waals surface area contributed by atoms with Crippen LogP contribution < -0.4 is 10.9 Å². The fraction of sp³-hybridized carbons (Fsp3) is 0.314. The number of rotatable bonds is 6. The number of hydrogen-bond donors (Lipinski definition) is 2. The summed E-state index contributed by atoms with van der Waals surface area (Å²) in [5.74, 6) is 2.43. The van der Waals surface area contributed by atoms with Crippen LogP contribution in [0.3, 0.4) is 0 Å². The molecule has 3 aliphatic rings. The lowest BCUT2D eigenvalue weighted by atomic mass is 9.93. The van der Waals surface area contributed by atoms with Crippen LogP contribution in [0.15, 0.2) is 71.6 Å². The van der Waals surface area contributed by atoms with Gasteiger partial charge in [0.05, 0.1) is 28.8 Å². The second-order valence-electron chi connectivity index (χ2n) is 12.3. The number of nitrogens with one attached hydrogen (secondary N) is 2. The molecular formula is C35H36ClN7O. The highest BCUT2D eigenvalue weighted by Gasteiger charge is 2.30. The first-order chi connectivity index (χ1) is 21.5. The number of piperidine rings is 1. The summed E-state index contributed by atoms with van der Waals surface area (Å²) in [6.07, 6.45) is 17.7. The van der Waals surface area contributed by atoms with Gasteiger partial charge in [0.25, 0.3) is 0 Å². The molecule has 4 aromatic heterocycles. The molecule has 3 atom stereocenters. The number of oxazole rings is 1. The molecular weight excluding hydrogens is 570 g/mol. The maximum atomic E-state index is 6.83. The first kappa shape index (κ1) is 27.4. The summed E-state index contributed by atoms with van der Waals surface area (Å²) >= 11 is 6.83. The van der Waals surface area contributed by atoms with Crippen LogP contribution in [-0.2, 0) is 13.0 Å². The highest BCUT2D eigenvalue weighted by atomic mass is 35.5. The number of hydrazine groups is 1. The summed E-state index contributed by atoms with van der Waals surface area (Å²) in [5.41, 5.74) is 16.5. The lowest BCUT2D eigenvalue weighted by Gasteiger charge is -2.31. The molecule has 8 nitrogen and oxygen atoms in total. The van der Waals surface area contributed by atoms with Crippen LogP contribution in [0.1, 0.15) is 78.2 Å². The molecule has 6 heterocycles. The first-order valence-corrected chi connectivity index (χ1v) is 16.0. The molecule has 1 saturated heterocycles. The monoisotopic (exact) mass is 605 g/mol. The van der Waals surface area contributed by atoms with Gasteiger partial charge in [-0.25, -0.2) is 15.4 Å². The number of aromatic nitrogens is 4. The largest absolute Gasteiger partial charge is 0.441 e. The molecule has 1 fully saturated rings. The van der Waals surface area contributed by atoms with Gasteiger partial charge in [-0.2, -0.15) is 0 Å². The van der Waals surface area contributed by atoms with E-state index in [1.807, 2.05) is 16.5 Å². The zero-order valence-electron chi connectivity index (χ0n) is 25.0. The van der Waals surface area contributed by atoms with Crippen molar-refractivity contribution in [3.8, 4) is 11.5 Å². The molecule has 0 radical (unpaired) electrons. The number of imidazole rings is 1. The Morgan fingerprint density at radius 2 is 2.02 bits per heavy atom. The van der Waals surface area contributed by atoms with E-state index < -0.39 is 0 Å². The molecule has 2 aliphatic heterocycles. The van der Waals surface area contributed by atoms with Gasteiger partial charge in [-0.05, 0) is 73.7 Å². The predicted octanol–water partition coefficient (Wildman–Crippen LogP) is 7.43. The molecule has 3 unspecified atom stereocenters. The van der Waals surface area contributed by atoms with Crippen LogP contribution in [-0.4, -0.2) is 36.4 Å². The SMILES string of the molecule is CCc1nc(-c2ccc3c(c2)C(c2ccc4nccn4c2)NN3)oc1C1CCCN(Cc2cc3c(n2Cl)C=CC(C)C=C3)C1. The van der Waals surface area contributed by atoms with Gasteiger partial charge >= 0.3 is 0 Å². The second kappa shape index (κ2) is 11.1. The van der Waals surface area contributed by atoms with Crippen molar-refractivity contribution in [3.63, 3.8) is 0 Å². The number of pyridine rings is 1. The lowest BCUT2D eigenvalue weighted by molar-refractivity contribution is 0.186. The number of halogens is 1. The Kier molecular flexibility index (Phi) is 6.93. The third-order valence-electron chi connectivity index (χ3n) is 9.25. The van der Waals surface area contributed by atoms with Gasteiger partial charge in [0, 0.05) is 66.1 Å². The lowest BCUT2D eigenvalue weighted by Crippen LogP contribution is -2.34. The molecule has 0 amide bonds. The van der Waals surface area contributed by atoms with Gasteiger partial charge in [-0.15, -0.1) is 0 Å². The normalized spacial score (nSPS) is 21.4. The topological polar surface area (TPSA) is 75.6 Å². The van der Waals surface area contributed by atoms with Gasteiger partial charge in [-0.1, -0.05) is 38.1 Å². The quantitative estimate of drug-likeness (QED) is 0.210. The summed E-state index contributed by atoms with van der Waals surface area (Å²) in [4.78, 5) is 11.9. The van der Waals surface area contributed by atoms with Crippen molar-refractivity contribution in [2.75, 3.05) is 18.5 Å². The fourth-order valence-electron chi connectivity index (χ4n) is 6.89. The van der Waals surface area contributed by atoms with Crippen molar-refractivity contribution in [3.05, 3.63) is 107 Å². The molecule has 0 saturated carbocycles. The Bertz CT molecular complexity index is 1910. The van der Waals surface area contributed by atoms with Gasteiger partial charge in [0.2, 0.25) is 5.89 Å². The fourth-order valence-corrected chi connectivity index (χ4v) is 7.15. The zero-order chi connectivity index (χ0) is 29.8. The number of aryl methyl sites for hydroxylation is 1. The summed E-state index contributed by atoms with van der Waals surface area (Å²) in [7, 11) is 0. The van der Waals surface area contributed by atoms with Crippen LogP contribution >= 0.6 is 11.8 Å². The maximum Gasteiger partial charge on any atom is 0.226 e. The van der Waals surface area contributed by atoms with Crippen LogP contribution in [0.25, 0.3) is 29.3 Å². The van der Waals surface area contributed by atoms with Gasteiger partial charge < -0.3 is 14.2 Å². The van der Waals surface area contributed by atoms with Crippen molar-refractivity contribution < 1.29 is 4.42 Å². The van der Waals surface area contributed by atoms with Crippen molar-refractivity contribution in [2.45, 2.75) is 51.6 Å². The number of hydrogen-bond acceptors (Lipinski definition) is 6. The highest BCUT2D eigenvalue weighted by molar-refractivity contribution is 6.17. The number of benzene rings is 1. The Balaban J connectivity index is 1.04. The number of allylic oxidation sites excluding steroid dienone is 2. The third-order valence-corrected chi connectivity index (χ3v) is 9.65. The van der Waals surface area contributed by atoms with E-state index in [2.05, 4.69) is 106 Å². The molecule has 1 aliphatic carbocycles. The Morgan fingerprint density at radius 3 is 2.93 bits per heavy atom. The van der Waals surface area contributed by atoms with E-state index in [4.69, 9.17) is 21.2 Å². The standard InChI is InChI=1S/C35H36ClN7O/c1-3-29-34(26-5-4-15-41(19-26)21-27-17-23-8-6-22(2)7-12-31(23)43(27)36)44-35(38-29)24-9-11-30-28(18-24)33(40-39-30)25-10-13-32-37-14-16-42(32)20-25/h6-14,16-18,20,22,26,33,39-40H,3-5,15,19,21H2,1-2H3. The molecule has 5 aromatic rings. The van der Waals surface area contributed by atoms with E-state index in [1.165, 1.54) is 11.1 Å². The van der Waals surface area contributed by atoms with Crippen LogP contribution in [0, 0.1) is 5.92 Å². The number of fused-ring (bicyclic) bond motifs is 3. The van der Waals surface area contributed by atoms with E-state index in [9.17, 15) is 0 Å². The minimum absolute atomic E-state index is 0.00837. The smallest absolute Gasteiger partial charge is 0.226 e. The molecule has 224 valence electrons. The van der Waals surface area contributed by atoms with Crippen molar-refractivity contribution in [1.29, 1.82) is 0 Å². The summed E-state index contributed by atoms with van der Waals surface area (Å²) in [6, 6.07) is 12.8. The van der Waals surface area contributed by atoms with Gasteiger partial charge in [0.15, 0.2) is 0 Å². The van der Waals surface area contributed by atoms with E-state index in [0.717, 1.165) is 84.2 Å². The van der Waals surface area contributed by atoms with Gasteiger partial charge in [-0.3, -0.25) is 8.99 Å². The van der Waals surface area contributed by atoms with Crippen molar-refractivity contribution in [2.24, 2.45) is 5.92 Å². The highest BCUT2D eigenvalue weighted by Crippen LogP contribution is 2.38. The predicted molar refractivity (Wildman–Crippen MR) is 175 cm³/mol. The van der Waals surface area contributed by atoms with Crippen molar-refractivity contribution >= 4 is 35.3 Å². The average Bonchev–Trinajstić information content (AvgIpc) is 3.82.